The molecule has 0 N–H and O–H groups in total. The van der Waals surface area contributed by atoms with Crippen LogP contribution in [0, 0.1) is 12.8 Å². The van der Waals surface area contributed by atoms with Crippen molar-refractivity contribution in [3.05, 3.63) is 58.5 Å². The zero-order valence-electron chi connectivity index (χ0n) is 19.9. The summed E-state index contributed by atoms with van der Waals surface area (Å²) in [7, 11) is 1.66. The lowest BCUT2D eigenvalue weighted by atomic mass is 9.99. The molecule has 6 nitrogen and oxygen atoms in total. The summed E-state index contributed by atoms with van der Waals surface area (Å²) in [6.07, 6.45) is 3.90. The van der Waals surface area contributed by atoms with Crippen molar-refractivity contribution < 1.29 is 19.0 Å². The number of allylic oxidation sites excluding steroid dienone is 1. The summed E-state index contributed by atoms with van der Waals surface area (Å²) < 4.78 is 19.8. The molecule has 172 valence electrons. The van der Waals surface area contributed by atoms with E-state index in [2.05, 4.69) is 36.4 Å². The van der Waals surface area contributed by atoms with E-state index >= 15 is 0 Å². The number of hydrogen-bond acceptors (Lipinski definition) is 5. The molecular formula is C27H30N2O4. The van der Waals surface area contributed by atoms with Crippen molar-refractivity contribution in [3.8, 4) is 17.2 Å². The van der Waals surface area contributed by atoms with Crippen molar-refractivity contribution in [2.24, 2.45) is 5.92 Å². The van der Waals surface area contributed by atoms with Gasteiger partial charge in [0.2, 0.25) is 5.78 Å². The highest BCUT2D eigenvalue weighted by Crippen LogP contribution is 2.43. The Labute approximate surface area is 194 Å². The number of rotatable bonds is 5. The molecule has 0 amide bonds. The highest BCUT2D eigenvalue weighted by atomic mass is 16.5. The molecule has 2 aliphatic rings. The van der Waals surface area contributed by atoms with Crippen LogP contribution in [0.1, 0.15) is 47.8 Å². The number of ether oxygens (including phenoxy) is 3. The van der Waals surface area contributed by atoms with E-state index in [4.69, 9.17) is 14.2 Å². The van der Waals surface area contributed by atoms with Gasteiger partial charge < -0.3 is 18.8 Å². The monoisotopic (exact) mass is 446 g/mol. The molecule has 0 radical (unpaired) electrons. The van der Waals surface area contributed by atoms with Crippen molar-refractivity contribution in [1.29, 1.82) is 0 Å². The molecule has 3 aromatic rings. The first-order valence-electron chi connectivity index (χ1n) is 11.5. The highest BCUT2D eigenvalue weighted by molar-refractivity contribution is 6.15. The summed E-state index contributed by atoms with van der Waals surface area (Å²) in [6, 6.07) is 7.95. The van der Waals surface area contributed by atoms with Gasteiger partial charge in [0.25, 0.3) is 0 Å². The summed E-state index contributed by atoms with van der Waals surface area (Å²) >= 11 is 0. The average Bonchev–Trinajstić information content (AvgIpc) is 3.31. The Morgan fingerprint density at radius 1 is 1.21 bits per heavy atom. The van der Waals surface area contributed by atoms with Crippen molar-refractivity contribution >= 4 is 22.8 Å². The maximum Gasteiger partial charge on any atom is 0.231 e. The van der Waals surface area contributed by atoms with Gasteiger partial charge in [-0.25, -0.2) is 0 Å². The second kappa shape index (κ2) is 8.27. The van der Waals surface area contributed by atoms with E-state index in [1.165, 1.54) is 0 Å². The van der Waals surface area contributed by atoms with Gasteiger partial charge in [0, 0.05) is 53.4 Å². The number of hydrogen-bond donors (Lipinski definition) is 0. The Bertz CT molecular complexity index is 1290. The maximum absolute atomic E-state index is 13.4. The van der Waals surface area contributed by atoms with Gasteiger partial charge in [-0.3, -0.25) is 9.69 Å². The first kappa shape index (κ1) is 21.6. The van der Waals surface area contributed by atoms with Crippen LogP contribution < -0.4 is 14.2 Å². The highest BCUT2D eigenvalue weighted by Gasteiger charge is 2.34. The predicted octanol–water partition coefficient (Wildman–Crippen LogP) is 5.40. The molecule has 2 aromatic carbocycles. The van der Waals surface area contributed by atoms with E-state index in [-0.39, 0.29) is 5.78 Å². The van der Waals surface area contributed by atoms with Gasteiger partial charge in [0.15, 0.2) is 5.76 Å². The largest absolute Gasteiger partial charge is 0.497 e. The molecule has 0 atom stereocenters. The number of nitrogens with zero attached hydrogens (tertiary/aromatic N) is 2. The quantitative estimate of drug-likeness (QED) is 0.491. The van der Waals surface area contributed by atoms with Crippen LogP contribution in [0.4, 0.5) is 0 Å². The molecular weight excluding hydrogens is 416 g/mol. The molecule has 3 heterocycles. The van der Waals surface area contributed by atoms with Gasteiger partial charge in [0.1, 0.15) is 24.0 Å². The number of ketones is 1. The predicted molar refractivity (Wildman–Crippen MR) is 129 cm³/mol. The Balaban J connectivity index is 1.53. The summed E-state index contributed by atoms with van der Waals surface area (Å²) in [5, 5.41) is 1.03. The van der Waals surface area contributed by atoms with Gasteiger partial charge in [0.05, 0.1) is 12.7 Å². The topological polar surface area (TPSA) is 52.9 Å². The lowest BCUT2D eigenvalue weighted by molar-refractivity contribution is 0.0835. The number of methoxy groups -OCH3 is 1. The molecule has 2 aliphatic heterocycles. The minimum Gasteiger partial charge on any atom is -0.497 e. The summed E-state index contributed by atoms with van der Waals surface area (Å²) in [5.41, 5.74) is 4.58. The molecule has 0 saturated heterocycles. The molecule has 0 saturated carbocycles. The third-order valence-electron chi connectivity index (χ3n) is 6.37. The Morgan fingerprint density at radius 2 is 2.03 bits per heavy atom. The van der Waals surface area contributed by atoms with E-state index in [0.717, 1.165) is 58.7 Å². The number of Topliss-reactive ketones (excluding diaryl/α,β-unsaturated/α-hetero) is 1. The van der Waals surface area contributed by atoms with Crippen LogP contribution >= 0.6 is 0 Å². The van der Waals surface area contributed by atoms with Gasteiger partial charge in [-0.15, -0.1) is 0 Å². The second-order valence-corrected chi connectivity index (χ2v) is 9.24. The number of aromatic nitrogens is 1. The summed E-state index contributed by atoms with van der Waals surface area (Å²) in [6.45, 7) is 11.6. The van der Waals surface area contributed by atoms with Crippen LogP contribution in [0.2, 0.25) is 0 Å². The van der Waals surface area contributed by atoms with E-state index in [1.807, 2.05) is 37.3 Å². The van der Waals surface area contributed by atoms with Gasteiger partial charge in [-0.1, -0.05) is 13.8 Å². The normalized spacial score (nSPS) is 16.8. The fourth-order valence-corrected chi connectivity index (χ4v) is 4.88. The lowest BCUT2D eigenvalue weighted by Crippen LogP contribution is -2.35. The molecule has 1 aromatic heterocycles. The van der Waals surface area contributed by atoms with E-state index in [1.54, 1.807) is 7.11 Å². The number of carbonyl (C=O) groups is 1. The van der Waals surface area contributed by atoms with Gasteiger partial charge in [-0.05, 0) is 50.1 Å². The van der Waals surface area contributed by atoms with Gasteiger partial charge in [-0.2, -0.15) is 0 Å². The van der Waals surface area contributed by atoms with Crippen molar-refractivity contribution in [1.82, 2.24) is 9.47 Å². The molecule has 5 rings (SSSR count). The fraction of sp³-hybridized carbons (Fsp3) is 0.370. The Kier molecular flexibility index (Phi) is 5.41. The maximum atomic E-state index is 13.4. The van der Waals surface area contributed by atoms with Crippen LogP contribution in [-0.4, -0.2) is 35.6 Å². The third kappa shape index (κ3) is 3.68. The van der Waals surface area contributed by atoms with E-state index in [9.17, 15) is 4.79 Å². The SMILES string of the molecule is CCn1cc(/C=C2\Oc3c(cc4c(c3C)OCN(CC(C)C)C4)C2=O)c2cc(OC)ccc21. The number of fused-ring (bicyclic) bond motifs is 3. The van der Waals surface area contributed by atoms with Crippen molar-refractivity contribution in [2.75, 3.05) is 20.4 Å². The zero-order chi connectivity index (χ0) is 23.3. The van der Waals surface area contributed by atoms with Crippen molar-refractivity contribution in [2.45, 2.75) is 40.8 Å². The van der Waals surface area contributed by atoms with Crippen LogP contribution in [0.25, 0.3) is 17.0 Å². The minimum atomic E-state index is -0.0859. The van der Waals surface area contributed by atoms with E-state index < -0.39 is 0 Å². The summed E-state index contributed by atoms with van der Waals surface area (Å²) in [4.78, 5) is 15.6. The fourth-order valence-electron chi connectivity index (χ4n) is 4.88. The van der Waals surface area contributed by atoms with Crippen LogP contribution in [-0.2, 0) is 13.1 Å². The second-order valence-electron chi connectivity index (χ2n) is 9.24. The van der Waals surface area contributed by atoms with E-state index in [0.29, 0.717) is 29.7 Å². The number of carbonyl (C=O) groups excluding carboxylic acids is 1. The minimum absolute atomic E-state index is 0.0859. The summed E-state index contributed by atoms with van der Waals surface area (Å²) in [5.74, 6) is 3.04. The standard InChI is InChI=1S/C27H30N2O4/c1-6-29-14-18(21-11-20(31-5)7-8-23(21)29)10-24-25(30)22-9-19-13-28(12-16(2)3)15-32-26(19)17(4)27(22)33-24/h7-11,14,16H,6,12-13,15H2,1-5H3/b24-10-. The number of aryl methyl sites for hydroxylation is 1. The van der Waals surface area contributed by atoms with Crippen LogP contribution in [0.15, 0.2) is 36.2 Å². The van der Waals surface area contributed by atoms with Gasteiger partial charge >= 0.3 is 0 Å². The molecule has 0 spiro atoms. The van der Waals surface area contributed by atoms with Crippen molar-refractivity contribution in [3.63, 3.8) is 0 Å². The molecule has 0 aliphatic carbocycles. The molecule has 33 heavy (non-hydrogen) atoms. The molecule has 0 fully saturated rings. The first-order chi connectivity index (χ1) is 15.9. The molecule has 0 unspecified atom stereocenters. The molecule has 0 bridgehead atoms. The van der Waals surface area contributed by atoms with Crippen LogP contribution in [0.3, 0.4) is 0 Å². The Morgan fingerprint density at radius 3 is 2.76 bits per heavy atom. The molecule has 6 heteroatoms. The van der Waals surface area contributed by atoms with Crippen LogP contribution in [0.5, 0.6) is 17.2 Å². The zero-order valence-corrected chi connectivity index (χ0v) is 19.9. The number of benzene rings is 2. The first-order valence-corrected chi connectivity index (χ1v) is 11.5. The lowest BCUT2D eigenvalue weighted by Gasteiger charge is -2.31. The Hall–Kier alpha value is -3.25. The smallest absolute Gasteiger partial charge is 0.231 e. The average molecular weight is 447 g/mol. The third-order valence-corrected chi connectivity index (χ3v) is 6.37.